The van der Waals surface area contributed by atoms with Crippen molar-refractivity contribution in [2.45, 2.75) is 13.3 Å². The molecule has 0 aliphatic rings. The summed E-state index contributed by atoms with van der Waals surface area (Å²) < 4.78 is 5.10. The number of aromatic nitrogens is 1. The largest absolute Gasteiger partial charge is 0.497 e. The van der Waals surface area contributed by atoms with Crippen LogP contribution in [0.25, 0.3) is 0 Å². The van der Waals surface area contributed by atoms with Crippen LogP contribution in [0.2, 0.25) is 0 Å². The van der Waals surface area contributed by atoms with E-state index in [0.717, 1.165) is 23.4 Å². The van der Waals surface area contributed by atoms with Crippen molar-refractivity contribution < 1.29 is 9.53 Å². The molecule has 0 atom stereocenters. The van der Waals surface area contributed by atoms with Crippen molar-refractivity contribution in [1.29, 1.82) is 0 Å². The maximum atomic E-state index is 11.8. The topological polar surface area (TPSA) is 51.2 Å². The number of aryl methyl sites for hydroxylation is 1. The predicted octanol–water partition coefficient (Wildman–Crippen LogP) is 2.43. The lowest BCUT2D eigenvalue weighted by molar-refractivity contribution is 0.0953. The second-order valence-corrected chi connectivity index (χ2v) is 5.01. The summed E-state index contributed by atoms with van der Waals surface area (Å²) in [6.45, 7) is 2.48. The van der Waals surface area contributed by atoms with Crippen molar-refractivity contribution in [2.75, 3.05) is 13.7 Å². The summed E-state index contributed by atoms with van der Waals surface area (Å²) in [5, 5.41) is 5.26. The number of hydrogen-bond acceptors (Lipinski definition) is 4. The normalized spacial score (nSPS) is 10.2. The Morgan fingerprint density at radius 2 is 2.11 bits per heavy atom. The zero-order chi connectivity index (χ0) is 13.7. The number of thiazole rings is 1. The van der Waals surface area contributed by atoms with Gasteiger partial charge in [0.1, 0.15) is 5.75 Å². The number of hydrogen-bond donors (Lipinski definition) is 1. The van der Waals surface area contributed by atoms with Crippen LogP contribution in [0.3, 0.4) is 0 Å². The fraction of sp³-hybridized carbons (Fsp3) is 0.286. The smallest absolute Gasteiger partial charge is 0.280 e. The number of rotatable bonds is 5. The molecule has 100 valence electrons. The Hall–Kier alpha value is -1.88. The highest BCUT2D eigenvalue weighted by Crippen LogP contribution is 2.11. The molecular formula is C14H16N2O2S. The van der Waals surface area contributed by atoms with Crippen molar-refractivity contribution in [3.8, 4) is 5.75 Å². The molecule has 0 spiro atoms. The van der Waals surface area contributed by atoms with Crippen molar-refractivity contribution >= 4 is 17.2 Å². The number of nitrogens with one attached hydrogen (secondary N) is 1. The Balaban J connectivity index is 1.81. The minimum absolute atomic E-state index is 0.105. The van der Waals surface area contributed by atoms with Gasteiger partial charge in [-0.05, 0) is 31.0 Å². The maximum absolute atomic E-state index is 11.8. The first-order chi connectivity index (χ1) is 9.19. The second kappa shape index (κ2) is 6.33. The molecule has 4 nitrogen and oxygen atoms in total. The van der Waals surface area contributed by atoms with Gasteiger partial charge in [0.2, 0.25) is 0 Å². The fourth-order valence-electron chi connectivity index (χ4n) is 1.65. The average molecular weight is 276 g/mol. The average Bonchev–Trinajstić information content (AvgIpc) is 2.86. The summed E-state index contributed by atoms with van der Waals surface area (Å²) in [6.07, 6.45) is 0.792. The van der Waals surface area contributed by atoms with Crippen LogP contribution in [0.15, 0.2) is 29.6 Å². The number of benzene rings is 1. The van der Waals surface area contributed by atoms with Crippen LogP contribution < -0.4 is 10.1 Å². The summed E-state index contributed by atoms with van der Waals surface area (Å²) in [4.78, 5) is 15.9. The second-order valence-electron chi connectivity index (χ2n) is 4.15. The molecule has 1 N–H and O–H groups in total. The summed E-state index contributed by atoms with van der Waals surface area (Å²) in [6, 6.07) is 7.83. The zero-order valence-corrected chi connectivity index (χ0v) is 11.8. The number of methoxy groups -OCH3 is 1. The Labute approximate surface area is 116 Å². The minimum atomic E-state index is -0.105. The van der Waals surface area contributed by atoms with E-state index >= 15 is 0 Å². The Bertz CT molecular complexity index is 549. The number of amides is 1. The van der Waals surface area contributed by atoms with Gasteiger partial charge in [0.25, 0.3) is 5.91 Å². The van der Waals surface area contributed by atoms with Gasteiger partial charge in [-0.2, -0.15) is 0 Å². The Morgan fingerprint density at radius 3 is 2.68 bits per heavy atom. The van der Waals surface area contributed by atoms with Gasteiger partial charge in [-0.25, -0.2) is 4.98 Å². The lowest BCUT2D eigenvalue weighted by Crippen LogP contribution is -2.25. The van der Waals surface area contributed by atoms with Gasteiger partial charge in [0.05, 0.1) is 7.11 Å². The van der Waals surface area contributed by atoms with Crippen LogP contribution >= 0.6 is 11.3 Å². The summed E-state index contributed by atoms with van der Waals surface area (Å²) in [7, 11) is 1.64. The number of ether oxygens (including phenoxy) is 1. The van der Waals surface area contributed by atoms with Crippen molar-refractivity contribution in [3.63, 3.8) is 0 Å². The van der Waals surface area contributed by atoms with Gasteiger partial charge in [-0.1, -0.05) is 12.1 Å². The third-order valence-corrected chi connectivity index (χ3v) is 3.63. The maximum Gasteiger partial charge on any atom is 0.280 e. The van der Waals surface area contributed by atoms with Crippen LogP contribution in [0, 0.1) is 6.92 Å². The standard InChI is InChI=1S/C14H16N2O2S/c1-10-9-19-14(16-10)13(17)15-8-7-11-3-5-12(18-2)6-4-11/h3-6,9H,7-8H2,1-2H3,(H,15,17). The lowest BCUT2D eigenvalue weighted by Gasteiger charge is -2.04. The van der Waals surface area contributed by atoms with E-state index in [1.54, 1.807) is 7.11 Å². The molecule has 2 aromatic rings. The summed E-state index contributed by atoms with van der Waals surface area (Å²) in [5.74, 6) is 0.734. The van der Waals surface area contributed by atoms with Crippen LogP contribution in [-0.4, -0.2) is 24.5 Å². The van der Waals surface area contributed by atoms with Gasteiger partial charge in [0, 0.05) is 17.6 Å². The van der Waals surface area contributed by atoms with Crippen molar-refractivity contribution in [1.82, 2.24) is 10.3 Å². The molecule has 0 saturated heterocycles. The molecule has 1 aromatic heterocycles. The first kappa shape index (κ1) is 13.5. The van der Waals surface area contributed by atoms with Gasteiger partial charge in [0.15, 0.2) is 5.01 Å². The molecule has 0 bridgehead atoms. The van der Waals surface area contributed by atoms with E-state index in [4.69, 9.17) is 4.74 Å². The molecule has 0 fully saturated rings. The molecular weight excluding hydrogens is 260 g/mol. The van der Waals surface area contributed by atoms with Crippen LogP contribution in [0.1, 0.15) is 21.1 Å². The Kier molecular flexibility index (Phi) is 4.52. The zero-order valence-electron chi connectivity index (χ0n) is 11.0. The highest BCUT2D eigenvalue weighted by Gasteiger charge is 2.08. The number of nitrogens with zero attached hydrogens (tertiary/aromatic N) is 1. The quantitative estimate of drug-likeness (QED) is 0.912. The Morgan fingerprint density at radius 1 is 1.37 bits per heavy atom. The molecule has 0 aliphatic carbocycles. The van der Waals surface area contributed by atoms with Crippen molar-refractivity contribution in [2.24, 2.45) is 0 Å². The third kappa shape index (κ3) is 3.79. The molecule has 0 aliphatic heterocycles. The van der Waals surface area contributed by atoms with E-state index in [9.17, 15) is 4.79 Å². The molecule has 1 aromatic carbocycles. The molecule has 0 unspecified atom stereocenters. The fourth-order valence-corrected chi connectivity index (χ4v) is 2.36. The SMILES string of the molecule is COc1ccc(CCNC(=O)c2nc(C)cs2)cc1. The lowest BCUT2D eigenvalue weighted by atomic mass is 10.1. The first-order valence-electron chi connectivity index (χ1n) is 6.02. The van der Waals surface area contributed by atoms with E-state index in [1.165, 1.54) is 11.3 Å². The van der Waals surface area contributed by atoms with Crippen LogP contribution in [0.4, 0.5) is 0 Å². The van der Waals surface area contributed by atoms with Crippen LogP contribution in [-0.2, 0) is 6.42 Å². The number of carbonyl (C=O) groups is 1. The van der Waals surface area contributed by atoms with E-state index in [2.05, 4.69) is 10.3 Å². The highest BCUT2D eigenvalue weighted by atomic mass is 32.1. The van der Waals surface area contributed by atoms with Gasteiger partial charge < -0.3 is 10.1 Å². The monoisotopic (exact) mass is 276 g/mol. The molecule has 0 saturated carbocycles. The third-order valence-electron chi connectivity index (χ3n) is 2.67. The molecule has 0 radical (unpaired) electrons. The van der Waals surface area contributed by atoms with E-state index in [-0.39, 0.29) is 5.91 Å². The molecule has 1 heterocycles. The number of carbonyl (C=O) groups excluding carboxylic acids is 1. The minimum Gasteiger partial charge on any atom is -0.497 e. The summed E-state index contributed by atoms with van der Waals surface area (Å²) in [5.41, 5.74) is 2.04. The summed E-state index contributed by atoms with van der Waals surface area (Å²) >= 11 is 1.37. The van der Waals surface area contributed by atoms with Crippen molar-refractivity contribution in [3.05, 3.63) is 45.9 Å². The van der Waals surface area contributed by atoms with Gasteiger partial charge in [-0.15, -0.1) is 11.3 Å². The highest BCUT2D eigenvalue weighted by molar-refractivity contribution is 7.11. The molecule has 5 heteroatoms. The predicted molar refractivity (Wildman–Crippen MR) is 75.9 cm³/mol. The van der Waals surface area contributed by atoms with Crippen LogP contribution in [0.5, 0.6) is 5.75 Å². The molecule has 2 rings (SSSR count). The van der Waals surface area contributed by atoms with E-state index in [1.807, 2.05) is 36.6 Å². The van der Waals surface area contributed by atoms with E-state index < -0.39 is 0 Å². The molecule has 19 heavy (non-hydrogen) atoms. The van der Waals surface area contributed by atoms with Gasteiger partial charge in [-0.3, -0.25) is 4.79 Å². The first-order valence-corrected chi connectivity index (χ1v) is 6.90. The van der Waals surface area contributed by atoms with E-state index in [0.29, 0.717) is 11.6 Å². The molecule has 1 amide bonds. The van der Waals surface area contributed by atoms with Gasteiger partial charge >= 0.3 is 0 Å².